The van der Waals surface area contributed by atoms with Gasteiger partial charge in [0.25, 0.3) is 0 Å². The van der Waals surface area contributed by atoms with Crippen molar-refractivity contribution in [3.05, 3.63) is 71.9 Å². The third-order valence-corrected chi connectivity index (χ3v) is 5.76. The summed E-state index contributed by atoms with van der Waals surface area (Å²) in [6, 6.07) is 18.6. The Hall–Kier alpha value is -2.44. The predicted octanol–water partition coefficient (Wildman–Crippen LogP) is 5.43. The summed E-state index contributed by atoms with van der Waals surface area (Å²) in [5, 5.41) is 13.8. The lowest BCUT2D eigenvalue weighted by molar-refractivity contribution is 1.01. The number of hydrogen-bond acceptors (Lipinski definition) is 6. The van der Waals surface area contributed by atoms with Crippen LogP contribution < -0.4 is 5.32 Å². The van der Waals surface area contributed by atoms with Gasteiger partial charge in [0.05, 0.1) is 5.52 Å². The molecule has 4 rings (SSSR count). The van der Waals surface area contributed by atoms with Crippen molar-refractivity contribution in [2.24, 2.45) is 0 Å². The second kappa shape index (κ2) is 7.21. The second-order valence-corrected chi connectivity index (χ2v) is 7.85. The molecule has 6 heteroatoms. The molecule has 0 saturated heterocycles. The van der Waals surface area contributed by atoms with Gasteiger partial charge in [0.15, 0.2) is 4.34 Å². The smallest absolute Gasteiger partial charge is 0.210 e. The van der Waals surface area contributed by atoms with Gasteiger partial charge in [0.1, 0.15) is 0 Å². The lowest BCUT2D eigenvalue weighted by Crippen LogP contribution is -1.89. The molecular formula is C19H16N4S2. The fourth-order valence-corrected chi connectivity index (χ4v) is 4.35. The molecule has 4 nitrogen and oxygen atoms in total. The lowest BCUT2D eigenvalue weighted by Gasteiger charge is -2.03. The SMILES string of the molecule is Cc1cccc(Nc2nnc(SCc3cccc4cccnc34)s2)c1. The van der Waals surface area contributed by atoms with Gasteiger partial charge in [-0.25, -0.2) is 0 Å². The molecule has 25 heavy (non-hydrogen) atoms. The molecule has 0 fully saturated rings. The van der Waals surface area contributed by atoms with Crippen molar-refractivity contribution in [1.29, 1.82) is 0 Å². The fraction of sp³-hybridized carbons (Fsp3) is 0.105. The summed E-state index contributed by atoms with van der Waals surface area (Å²) in [7, 11) is 0. The van der Waals surface area contributed by atoms with Gasteiger partial charge in [0.2, 0.25) is 5.13 Å². The normalized spacial score (nSPS) is 10.9. The van der Waals surface area contributed by atoms with Crippen LogP contribution in [0.2, 0.25) is 0 Å². The zero-order chi connectivity index (χ0) is 17.1. The number of rotatable bonds is 5. The molecular weight excluding hydrogens is 348 g/mol. The van der Waals surface area contributed by atoms with Gasteiger partial charge in [-0.3, -0.25) is 4.98 Å². The van der Waals surface area contributed by atoms with Crippen molar-refractivity contribution in [2.75, 3.05) is 5.32 Å². The van der Waals surface area contributed by atoms with Crippen LogP contribution in [0.1, 0.15) is 11.1 Å². The summed E-state index contributed by atoms with van der Waals surface area (Å²) in [5.41, 5.74) is 4.52. The topological polar surface area (TPSA) is 50.7 Å². The third kappa shape index (κ3) is 3.81. The summed E-state index contributed by atoms with van der Waals surface area (Å²) in [6.45, 7) is 2.07. The molecule has 0 spiro atoms. The van der Waals surface area contributed by atoms with Crippen LogP contribution in [0.3, 0.4) is 0 Å². The molecule has 0 aliphatic heterocycles. The number of nitrogens with one attached hydrogen (secondary N) is 1. The molecule has 0 radical (unpaired) electrons. The van der Waals surface area contributed by atoms with E-state index < -0.39 is 0 Å². The van der Waals surface area contributed by atoms with Crippen LogP contribution in [0.25, 0.3) is 10.9 Å². The average molecular weight is 364 g/mol. The molecule has 1 N–H and O–H groups in total. The van der Waals surface area contributed by atoms with Crippen molar-refractivity contribution in [3.8, 4) is 0 Å². The highest BCUT2D eigenvalue weighted by Crippen LogP contribution is 2.31. The van der Waals surface area contributed by atoms with Crippen molar-refractivity contribution in [2.45, 2.75) is 17.0 Å². The highest BCUT2D eigenvalue weighted by molar-refractivity contribution is 8.00. The maximum absolute atomic E-state index is 4.50. The van der Waals surface area contributed by atoms with Crippen LogP contribution in [-0.2, 0) is 5.75 Å². The molecule has 0 saturated carbocycles. The number of benzene rings is 2. The van der Waals surface area contributed by atoms with Gasteiger partial charge in [0, 0.05) is 23.0 Å². The molecule has 2 aromatic heterocycles. The molecule has 0 aliphatic carbocycles. The average Bonchev–Trinajstić information content (AvgIpc) is 3.07. The Bertz CT molecular complexity index is 1010. The first-order chi connectivity index (χ1) is 12.3. The molecule has 0 unspecified atom stereocenters. The monoisotopic (exact) mass is 364 g/mol. The molecule has 4 aromatic rings. The van der Waals surface area contributed by atoms with E-state index in [0.29, 0.717) is 0 Å². The van der Waals surface area contributed by atoms with E-state index in [9.17, 15) is 0 Å². The number of nitrogens with zero attached hydrogens (tertiary/aromatic N) is 3. The minimum Gasteiger partial charge on any atom is -0.330 e. The first-order valence-corrected chi connectivity index (χ1v) is 9.71. The molecule has 0 atom stereocenters. The zero-order valence-corrected chi connectivity index (χ0v) is 15.3. The van der Waals surface area contributed by atoms with E-state index in [1.54, 1.807) is 23.1 Å². The number of thioether (sulfide) groups is 1. The fourth-order valence-electron chi connectivity index (χ4n) is 2.59. The highest BCUT2D eigenvalue weighted by atomic mass is 32.2. The first-order valence-electron chi connectivity index (χ1n) is 7.90. The number of aryl methyl sites for hydroxylation is 1. The number of anilines is 2. The van der Waals surface area contributed by atoms with Crippen LogP contribution in [-0.4, -0.2) is 15.2 Å². The van der Waals surface area contributed by atoms with Gasteiger partial charge in [-0.15, -0.1) is 10.2 Å². The Labute approximate surface area is 154 Å². The van der Waals surface area contributed by atoms with Crippen molar-refractivity contribution in [3.63, 3.8) is 0 Å². The quantitative estimate of drug-likeness (QED) is 0.479. The molecule has 2 aromatic carbocycles. The molecule has 0 bridgehead atoms. The van der Waals surface area contributed by atoms with Gasteiger partial charge in [-0.05, 0) is 36.2 Å². The Kier molecular flexibility index (Phi) is 4.63. The maximum atomic E-state index is 4.50. The van der Waals surface area contributed by atoms with Crippen LogP contribution in [0.15, 0.2) is 65.1 Å². The summed E-state index contributed by atoms with van der Waals surface area (Å²) in [4.78, 5) is 4.50. The van der Waals surface area contributed by atoms with Crippen molar-refractivity contribution < 1.29 is 0 Å². The number of para-hydroxylation sites is 1. The minimum atomic E-state index is 0.809. The van der Waals surface area contributed by atoms with Crippen molar-refractivity contribution >= 4 is 44.8 Å². The lowest BCUT2D eigenvalue weighted by atomic mass is 10.1. The summed E-state index contributed by atoms with van der Waals surface area (Å²) >= 11 is 3.26. The van der Waals surface area contributed by atoms with Crippen molar-refractivity contribution in [1.82, 2.24) is 15.2 Å². The van der Waals surface area contributed by atoms with Crippen LogP contribution in [0.5, 0.6) is 0 Å². The van der Waals surface area contributed by atoms with Crippen LogP contribution in [0.4, 0.5) is 10.8 Å². The van der Waals surface area contributed by atoms with E-state index in [4.69, 9.17) is 0 Å². The Balaban J connectivity index is 1.46. The summed E-state index contributed by atoms with van der Waals surface area (Å²) in [5.74, 6) is 0.827. The first kappa shape index (κ1) is 16.1. The van der Waals surface area contributed by atoms with Gasteiger partial charge in [-0.1, -0.05) is 59.5 Å². The molecule has 0 amide bonds. The van der Waals surface area contributed by atoms with Crippen LogP contribution in [0, 0.1) is 6.92 Å². The predicted molar refractivity (Wildman–Crippen MR) is 106 cm³/mol. The number of aromatic nitrogens is 3. The number of fused-ring (bicyclic) bond motifs is 1. The minimum absolute atomic E-state index is 0.809. The van der Waals surface area contributed by atoms with Crippen LogP contribution >= 0.6 is 23.1 Å². The van der Waals surface area contributed by atoms with E-state index in [2.05, 4.69) is 63.8 Å². The Morgan fingerprint density at radius 3 is 2.84 bits per heavy atom. The number of hydrogen-bond donors (Lipinski definition) is 1. The highest BCUT2D eigenvalue weighted by Gasteiger charge is 2.08. The molecule has 2 heterocycles. The van der Waals surface area contributed by atoms with E-state index in [0.717, 1.165) is 26.4 Å². The number of pyridine rings is 1. The Morgan fingerprint density at radius 1 is 1.04 bits per heavy atom. The van der Waals surface area contributed by atoms with Gasteiger partial charge in [-0.2, -0.15) is 0 Å². The largest absolute Gasteiger partial charge is 0.330 e. The standard InChI is InChI=1S/C19H16N4S2/c1-13-5-2-9-16(11-13)21-18-22-23-19(25-18)24-12-15-7-3-6-14-8-4-10-20-17(14)15/h2-11H,12H2,1H3,(H,21,22). The third-order valence-electron chi connectivity index (χ3n) is 3.74. The second-order valence-electron chi connectivity index (χ2n) is 5.65. The molecule has 0 aliphatic rings. The molecule has 124 valence electrons. The van der Waals surface area contributed by atoms with Gasteiger partial charge >= 0.3 is 0 Å². The summed E-state index contributed by atoms with van der Waals surface area (Å²) < 4.78 is 0.947. The summed E-state index contributed by atoms with van der Waals surface area (Å²) in [6.07, 6.45) is 1.84. The maximum Gasteiger partial charge on any atom is 0.210 e. The van der Waals surface area contributed by atoms with E-state index in [-0.39, 0.29) is 0 Å². The van der Waals surface area contributed by atoms with E-state index >= 15 is 0 Å². The zero-order valence-electron chi connectivity index (χ0n) is 13.6. The van der Waals surface area contributed by atoms with E-state index in [1.165, 1.54) is 16.5 Å². The van der Waals surface area contributed by atoms with Gasteiger partial charge < -0.3 is 5.32 Å². The Morgan fingerprint density at radius 2 is 1.92 bits per heavy atom. The van der Waals surface area contributed by atoms with E-state index in [1.807, 2.05) is 24.4 Å².